The van der Waals surface area contributed by atoms with E-state index in [0.717, 1.165) is 12.3 Å². The summed E-state index contributed by atoms with van der Waals surface area (Å²) in [5.41, 5.74) is 2.85. The maximum atomic E-state index is 9.58. The lowest BCUT2D eigenvalue weighted by Gasteiger charge is -2.33. The van der Waals surface area contributed by atoms with Crippen LogP contribution in [0.1, 0.15) is 95.1 Å². The summed E-state index contributed by atoms with van der Waals surface area (Å²) < 4.78 is 0. The van der Waals surface area contributed by atoms with Crippen LogP contribution in [-0.2, 0) is 6.42 Å². The first-order valence-corrected chi connectivity index (χ1v) is 10.3. The number of benzene rings is 1. The van der Waals surface area contributed by atoms with Crippen LogP contribution >= 0.6 is 0 Å². The van der Waals surface area contributed by atoms with Crippen molar-refractivity contribution in [1.82, 2.24) is 0 Å². The first-order chi connectivity index (χ1) is 11.8. The van der Waals surface area contributed by atoms with Gasteiger partial charge in [-0.15, -0.1) is 0 Å². The zero-order chi connectivity index (χ0) is 17.2. The summed E-state index contributed by atoms with van der Waals surface area (Å²) in [7, 11) is 0. The monoisotopic (exact) mass is 325 g/mol. The molecule has 0 N–H and O–H groups in total. The van der Waals surface area contributed by atoms with E-state index in [9.17, 15) is 5.26 Å². The van der Waals surface area contributed by atoms with Gasteiger partial charge in [0.25, 0.3) is 0 Å². The van der Waals surface area contributed by atoms with Crippen LogP contribution in [0, 0.1) is 23.2 Å². The number of nitriles is 1. The van der Waals surface area contributed by atoms with Gasteiger partial charge in [-0.2, -0.15) is 5.26 Å². The molecule has 0 aliphatic heterocycles. The summed E-state index contributed by atoms with van der Waals surface area (Å²) in [4.78, 5) is 0. The molecular formula is C23H35N. The smallest absolute Gasteiger partial charge is 0.0662 e. The van der Waals surface area contributed by atoms with Gasteiger partial charge in [0.1, 0.15) is 0 Å². The minimum atomic E-state index is 0.221. The van der Waals surface area contributed by atoms with Crippen molar-refractivity contribution in [3.63, 3.8) is 0 Å². The molecule has 0 aromatic heterocycles. The Morgan fingerprint density at radius 3 is 2.38 bits per heavy atom. The van der Waals surface area contributed by atoms with Gasteiger partial charge >= 0.3 is 0 Å². The molecule has 0 spiro atoms. The third-order valence-electron chi connectivity index (χ3n) is 5.82. The molecule has 1 fully saturated rings. The third-order valence-corrected chi connectivity index (χ3v) is 5.82. The van der Waals surface area contributed by atoms with E-state index in [4.69, 9.17) is 0 Å². The van der Waals surface area contributed by atoms with Crippen LogP contribution in [0.4, 0.5) is 0 Å². The lowest BCUT2D eigenvalue weighted by Crippen LogP contribution is -2.22. The first kappa shape index (κ1) is 19.0. The highest BCUT2D eigenvalue weighted by molar-refractivity contribution is 5.27. The van der Waals surface area contributed by atoms with Gasteiger partial charge in [0.05, 0.1) is 12.0 Å². The Kier molecular flexibility index (Phi) is 8.37. The van der Waals surface area contributed by atoms with Crippen LogP contribution in [0.25, 0.3) is 0 Å². The fourth-order valence-corrected chi connectivity index (χ4v) is 4.21. The number of aryl methyl sites for hydroxylation is 1. The topological polar surface area (TPSA) is 23.8 Å². The normalized spacial score (nSPS) is 23.8. The van der Waals surface area contributed by atoms with Crippen LogP contribution < -0.4 is 0 Å². The van der Waals surface area contributed by atoms with Gasteiger partial charge in [-0.25, -0.2) is 0 Å². The molecule has 1 aliphatic carbocycles. The van der Waals surface area contributed by atoms with Crippen LogP contribution in [0.2, 0.25) is 0 Å². The van der Waals surface area contributed by atoms with Crippen molar-refractivity contribution in [2.75, 3.05) is 0 Å². The molecule has 24 heavy (non-hydrogen) atoms. The summed E-state index contributed by atoms with van der Waals surface area (Å²) in [6, 6.07) is 11.8. The van der Waals surface area contributed by atoms with Crippen molar-refractivity contribution >= 4 is 0 Å². The molecule has 1 aromatic carbocycles. The molecule has 0 bridgehead atoms. The summed E-state index contributed by atoms with van der Waals surface area (Å²) in [5.74, 6) is 1.51. The van der Waals surface area contributed by atoms with E-state index in [1.807, 2.05) is 0 Å². The molecule has 3 unspecified atom stereocenters. The minimum Gasteiger partial charge on any atom is -0.198 e. The largest absolute Gasteiger partial charge is 0.198 e. The Balaban J connectivity index is 1.95. The maximum Gasteiger partial charge on any atom is 0.0662 e. The summed E-state index contributed by atoms with van der Waals surface area (Å²) in [6.07, 6.45) is 14.1. The molecule has 0 saturated heterocycles. The van der Waals surface area contributed by atoms with E-state index in [2.05, 4.69) is 44.2 Å². The van der Waals surface area contributed by atoms with Crippen molar-refractivity contribution in [2.45, 2.75) is 90.4 Å². The molecule has 0 amide bonds. The molecule has 1 aromatic rings. The van der Waals surface area contributed by atoms with Gasteiger partial charge in [0.15, 0.2) is 0 Å². The summed E-state index contributed by atoms with van der Waals surface area (Å²) in [6.45, 7) is 4.52. The van der Waals surface area contributed by atoms with E-state index < -0.39 is 0 Å². The maximum absolute atomic E-state index is 9.58. The zero-order valence-electron chi connectivity index (χ0n) is 15.8. The molecule has 1 nitrogen and oxygen atoms in total. The summed E-state index contributed by atoms with van der Waals surface area (Å²) >= 11 is 0. The average Bonchev–Trinajstić information content (AvgIpc) is 2.64. The Morgan fingerprint density at radius 1 is 0.958 bits per heavy atom. The van der Waals surface area contributed by atoms with E-state index in [1.54, 1.807) is 0 Å². The molecule has 2 rings (SSSR count). The standard InChI is InChI=1S/C23H35N/c1-3-5-7-8-10-20-13-16-22(18-24)23(17-20)21-14-11-19(12-15-21)9-6-4-2/h11-12,14-15,20,22-23H,3-10,13,16-17H2,1-2H3. The molecule has 0 heterocycles. The van der Waals surface area contributed by atoms with E-state index in [-0.39, 0.29) is 5.92 Å². The third kappa shape index (κ3) is 5.66. The number of unbranched alkanes of at least 4 members (excludes halogenated alkanes) is 4. The quantitative estimate of drug-likeness (QED) is 0.447. The van der Waals surface area contributed by atoms with Crippen molar-refractivity contribution in [3.05, 3.63) is 35.4 Å². The van der Waals surface area contributed by atoms with Crippen molar-refractivity contribution in [1.29, 1.82) is 5.26 Å². The predicted octanol–water partition coefficient (Wildman–Crippen LogP) is 7.02. The van der Waals surface area contributed by atoms with E-state index in [0.29, 0.717) is 5.92 Å². The molecule has 3 atom stereocenters. The van der Waals surface area contributed by atoms with Crippen LogP contribution in [0.5, 0.6) is 0 Å². The molecule has 1 heteroatoms. The highest BCUT2D eigenvalue weighted by Gasteiger charge is 2.31. The van der Waals surface area contributed by atoms with Gasteiger partial charge in [-0.3, -0.25) is 0 Å². The summed E-state index contributed by atoms with van der Waals surface area (Å²) in [5, 5.41) is 9.58. The lowest BCUT2D eigenvalue weighted by molar-refractivity contribution is 0.258. The van der Waals surface area contributed by atoms with Crippen LogP contribution in [0.3, 0.4) is 0 Å². The Morgan fingerprint density at radius 2 is 1.71 bits per heavy atom. The van der Waals surface area contributed by atoms with Crippen LogP contribution in [-0.4, -0.2) is 0 Å². The Bertz CT molecular complexity index is 496. The molecule has 132 valence electrons. The zero-order valence-corrected chi connectivity index (χ0v) is 15.8. The van der Waals surface area contributed by atoms with Gasteiger partial charge in [-0.05, 0) is 55.1 Å². The van der Waals surface area contributed by atoms with Crippen molar-refractivity contribution in [2.24, 2.45) is 11.8 Å². The van der Waals surface area contributed by atoms with E-state index >= 15 is 0 Å². The number of hydrogen-bond donors (Lipinski definition) is 0. The Hall–Kier alpha value is -1.29. The molecule has 1 aliphatic rings. The molecular weight excluding hydrogens is 290 g/mol. The van der Waals surface area contributed by atoms with E-state index in [1.165, 1.54) is 75.3 Å². The van der Waals surface area contributed by atoms with Crippen LogP contribution in [0.15, 0.2) is 24.3 Å². The molecule has 1 saturated carbocycles. The number of rotatable bonds is 9. The van der Waals surface area contributed by atoms with Gasteiger partial charge in [0.2, 0.25) is 0 Å². The second-order valence-electron chi connectivity index (χ2n) is 7.72. The fourth-order valence-electron chi connectivity index (χ4n) is 4.21. The Labute approximate surface area is 149 Å². The van der Waals surface area contributed by atoms with Crippen molar-refractivity contribution in [3.8, 4) is 6.07 Å². The van der Waals surface area contributed by atoms with Gasteiger partial charge in [-0.1, -0.05) is 76.6 Å². The van der Waals surface area contributed by atoms with Gasteiger partial charge in [0, 0.05) is 0 Å². The average molecular weight is 326 g/mol. The second-order valence-corrected chi connectivity index (χ2v) is 7.72. The number of hydrogen-bond acceptors (Lipinski definition) is 1. The highest BCUT2D eigenvalue weighted by Crippen LogP contribution is 2.42. The highest BCUT2D eigenvalue weighted by atomic mass is 14.4. The number of nitrogens with zero attached hydrogens (tertiary/aromatic N) is 1. The molecule has 0 radical (unpaired) electrons. The van der Waals surface area contributed by atoms with Gasteiger partial charge < -0.3 is 0 Å². The lowest BCUT2D eigenvalue weighted by atomic mass is 9.70. The fraction of sp³-hybridized carbons (Fsp3) is 0.696. The SMILES string of the molecule is CCCCCCC1CCC(C#N)C(c2ccc(CCCC)cc2)C1. The first-order valence-electron chi connectivity index (χ1n) is 10.3. The predicted molar refractivity (Wildman–Crippen MR) is 103 cm³/mol. The van der Waals surface area contributed by atoms with Crippen molar-refractivity contribution < 1.29 is 0 Å². The second kappa shape index (κ2) is 10.5. The minimum absolute atomic E-state index is 0.221.